The first-order valence-electron chi connectivity index (χ1n) is 4.18. The van der Waals surface area contributed by atoms with E-state index in [1.807, 2.05) is 0 Å². The lowest BCUT2D eigenvalue weighted by atomic mass is 10.1. The lowest BCUT2D eigenvalue weighted by Crippen LogP contribution is -2.03. The van der Waals surface area contributed by atoms with E-state index in [0.717, 1.165) is 11.8 Å². The summed E-state index contributed by atoms with van der Waals surface area (Å²) in [5.74, 6) is -1.09. The number of carboxylic acid groups (broad SMARTS) is 1. The van der Waals surface area contributed by atoms with Crippen LogP contribution < -0.4 is 0 Å². The van der Waals surface area contributed by atoms with Crippen molar-refractivity contribution in [3.05, 3.63) is 28.8 Å². The molecule has 5 heteroatoms. The predicted octanol–water partition coefficient (Wildman–Crippen LogP) is 3.35. The lowest BCUT2D eigenvalue weighted by molar-refractivity contribution is 0.0695. The number of aromatic carboxylic acids is 1. The van der Waals surface area contributed by atoms with E-state index in [1.165, 1.54) is 12.1 Å². The van der Waals surface area contributed by atoms with E-state index >= 15 is 0 Å². The van der Waals surface area contributed by atoms with Crippen LogP contribution in [0.3, 0.4) is 0 Å². The molecule has 0 aromatic heterocycles. The second kappa shape index (κ2) is 4.61. The number of carboxylic acids is 1. The van der Waals surface area contributed by atoms with E-state index in [2.05, 4.69) is 0 Å². The smallest absolute Gasteiger partial charge is 0.335 e. The molecule has 1 N–H and O–H groups in total. The van der Waals surface area contributed by atoms with Gasteiger partial charge in [0.25, 0.3) is 6.43 Å². The number of carbonyl (C=O) groups is 1. The van der Waals surface area contributed by atoms with Crippen LogP contribution in [0.15, 0.2) is 17.0 Å². The fraction of sp³-hybridized carbons (Fsp3) is 0.300. The van der Waals surface area contributed by atoms with Crippen molar-refractivity contribution in [1.82, 2.24) is 0 Å². The zero-order valence-corrected chi connectivity index (χ0v) is 9.07. The molecule has 0 heterocycles. The third-order valence-electron chi connectivity index (χ3n) is 2.11. The zero-order chi connectivity index (χ0) is 11.6. The Morgan fingerprint density at radius 3 is 2.47 bits per heavy atom. The van der Waals surface area contributed by atoms with E-state index in [0.29, 0.717) is 10.5 Å². The standard InChI is InChI=1S/C10H10F2O2S/c1-5-6(10(13)14)3-4-7(9(11)12)8(5)15-2/h3-4,9H,1-2H3,(H,13,14). The summed E-state index contributed by atoms with van der Waals surface area (Å²) < 4.78 is 25.1. The summed E-state index contributed by atoms with van der Waals surface area (Å²) in [6.07, 6.45) is -0.922. The largest absolute Gasteiger partial charge is 0.478 e. The molecule has 0 aliphatic carbocycles. The SMILES string of the molecule is CSc1c(C(F)F)ccc(C(=O)O)c1C. The summed E-state index contributed by atoms with van der Waals surface area (Å²) in [5.41, 5.74) is 0.363. The van der Waals surface area contributed by atoms with Gasteiger partial charge < -0.3 is 5.11 Å². The molecule has 0 aliphatic rings. The Labute approximate surface area is 90.3 Å². The molecular formula is C10H10F2O2S. The average Bonchev–Trinajstić information content (AvgIpc) is 2.16. The molecule has 0 radical (unpaired) electrons. The third-order valence-corrected chi connectivity index (χ3v) is 3.06. The Hall–Kier alpha value is -1.10. The first-order valence-corrected chi connectivity index (χ1v) is 5.40. The first-order chi connectivity index (χ1) is 6.99. The summed E-state index contributed by atoms with van der Waals surface area (Å²) in [6.45, 7) is 1.54. The van der Waals surface area contributed by atoms with E-state index in [9.17, 15) is 13.6 Å². The molecule has 15 heavy (non-hydrogen) atoms. The van der Waals surface area contributed by atoms with Crippen molar-refractivity contribution in [2.45, 2.75) is 18.2 Å². The zero-order valence-electron chi connectivity index (χ0n) is 8.25. The fourth-order valence-corrected chi connectivity index (χ4v) is 2.20. The summed E-state index contributed by atoms with van der Waals surface area (Å²) in [6, 6.07) is 2.39. The summed E-state index contributed by atoms with van der Waals surface area (Å²) in [7, 11) is 0. The van der Waals surface area contributed by atoms with Gasteiger partial charge in [-0.25, -0.2) is 13.6 Å². The van der Waals surface area contributed by atoms with Crippen LogP contribution in [0.5, 0.6) is 0 Å². The number of benzene rings is 1. The van der Waals surface area contributed by atoms with Gasteiger partial charge in [-0.2, -0.15) is 0 Å². The van der Waals surface area contributed by atoms with Crippen LogP contribution in [0.2, 0.25) is 0 Å². The maximum Gasteiger partial charge on any atom is 0.335 e. The van der Waals surface area contributed by atoms with Crippen LogP contribution in [0.4, 0.5) is 8.78 Å². The summed E-state index contributed by atoms with van der Waals surface area (Å²) in [4.78, 5) is 11.1. The minimum atomic E-state index is -2.58. The molecule has 0 aliphatic heterocycles. The van der Waals surface area contributed by atoms with Crippen molar-refractivity contribution in [1.29, 1.82) is 0 Å². The van der Waals surface area contributed by atoms with Gasteiger partial charge in [0.1, 0.15) is 0 Å². The fourth-order valence-electron chi connectivity index (χ4n) is 1.39. The Morgan fingerprint density at radius 1 is 1.47 bits per heavy atom. The van der Waals surface area contributed by atoms with Crippen LogP contribution in [-0.2, 0) is 0 Å². The number of halogens is 2. The Morgan fingerprint density at radius 2 is 2.07 bits per heavy atom. The van der Waals surface area contributed by atoms with Crippen LogP contribution >= 0.6 is 11.8 Å². The molecule has 0 fully saturated rings. The van der Waals surface area contributed by atoms with Gasteiger partial charge >= 0.3 is 5.97 Å². The molecule has 2 nitrogen and oxygen atoms in total. The third kappa shape index (κ3) is 2.28. The van der Waals surface area contributed by atoms with Crippen molar-refractivity contribution in [3.63, 3.8) is 0 Å². The molecule has 0 spiro atoms. The van der Waals surface area contributed by atoms with Gasteiger partial charge in [0.2, 0.25) is 0 Å². The molecule has 0 amide bonds. The summed E-state index contributed by atoms with van der Waals surface area (Å²) in [5, 5.41) is 8.82. The second-order valence-corrected chi connectivity index (χ2v) is 3.78. The highest BCUT2D eigenvalue weighted by Crippen LogP contribution is 2.33. The quantitative estimate of drug-likeness (QED) is 0.812. The Bertz CT molecular complexity index is 391. The molecule has 0 saturated heterocycles. The van der Waals surface area contributed by atoms with Crippen molar-refractivity contribution in [2.24, 2.45) is 0 Å². The molecule has 1 aromatic carbocycles. The van der Waals surface area contributed by atoms with Gasteiger partial charge in [0.05, 0.1) is 5.56 Å². The van der Waals surface area contributed by atoms with E-state index in [4.69, 9.17) is 5.11 Å². The van der Waals surface area contributed by atoms with Crippen LogP contribution in [0, 0.1) is 6.92 Å². The highest BCUT2D eigenvalue weighted by atomic mass is 32.2. The number of rotatable bonds is 3. The Kier molecular flexibility index (Phi) is 3.68. The van der Waals surface area contributed by atoms with Gasteiger partial charge in [-0.3, -0.25) is 0 Å². The highest BCUT2D eigenvalue weighted by Gasteiger charge is 2.18. The van der Waals surface area contributed by atoms with Gasteiger partial charge in [-0.05, 0) is 24.8 Å². The molecule has 1 aromatic rings. The molecule has 0 saturated carbocycles. The van der Waals surface area contributed by atoms with Crippen molar-refractivity contribution in [3.8, 4) is 0 Å². The normalized spacial score (nSPS) is 10.7. The molecule has 0 bridgehead atoms. The van der Waals surface area contributed by atoms with Gasteiger partial charge in [0.15, 0.2) is 0 Å². The van der Waals surface area contributed by atoms with Crippen LogP contribution in [-0.4, -0.2) is 17.3 Å². The minimum Gasteiger partial charge on any atom is -0.478 e. The monoisotopic (exact) mass is 232 g/mol. The van der Waals surface area contributed by atoms with Gasteiger partial charge in [-0.15, -0.1) is 11.8 Å². The second-order valence-electron chi connectivity index (χ2n) is 2.97. The molecular weight excluding hydrogens is 222 g/mol. The van der Waals surface area contributed by atoms with Crippen molar-refractivity contribution >= 4 is 17.7 Å². The molecule has 82 valence electrons. The molecule has 0 unspecified atom stereocenters. The van der Waals surface area contributed by atoms with E-state index < -0.39 is 12.4 Å². The number of alkyl halides is 2. The van der Waals surface area contributed by atoms with E-state index in [-0.39, 0.29) is 11.1 Å². The Balaban J connectivity index is 3.39. The number of hydrogen-bond donors (Lipinski definition) is 1. The van der Waals surface area contributed by atoms with Crippen LogP contribution in [0.1, 0.15) is 27.9 Å². The van der Waals surface area contributed by atoms with E-state index in [1.54, 1.807) is 13.2 Å². The van der Waals surface area contributed by atoms with Crippen molar-refractivity contribution in [2.75, 3.05) is 6.26 Å². The van der Waals surface area contributed by atoms with Gasteiger partial charge in [0, 0.05) is 10.5 Å². The number of thioether (sulfide) groups is 1. The van der Waals surface area contributed by atoms with Crippen LogP contribution in [0.25, 0.3) is 0 Å². The average molecular weight is 232 g/mol. The highest BCUT2D eigenvalue weighted by molar-refractivity contribution is 7.98. The lowest BCUT2D eigenvalue weighted by Gasteiger charge is -2.11. The first kappa shape index (κ1) is 12.0. The minimum absolute atomic E-state index is 0.0729. The molecule has 0 atom stereocenters. The maximum absolute atomic E-state index is 12.6. The number of hydrogen-bond acceptors (Lipinski definition) is 2. The summed E-state index contributed by atoms with van der Waals surface area (Å²) >= 11 is 1.14. The predicted molar refractivity (Wildman–Crippen MR) is 54.9 cm³/mol. The van der Waals surface area contributed by atoms with Crippen molar-refractivity contribution < 1.29 is 18.7 Å². The maximum atomic E-state index is 12.6. The molecule has 1 rings (SSSR count). The van der Waals surface area contributed by atoms with Gasteiger partial charge in [-0.1, -0.05) is 6.07 Å². The topological polar surface area (TPSA) is 37.3 Å².